The molecule has 0 aliphatic rings. The van der Waals surface area contributed by atoms with Crippen molar-refractivity contribution in [1.82, 2.24) is 0 Å². The average molecular weight is 163 g/mol. The van der Waals surface area contributed by atoms with Crippen LogP contribution in [-0.2, 0) is 4.79 Å². The summed E-state index contributed by atoms with van der Waals surface area (Å²) in [5, 5.41) is 0. The Bertz CT molecular complexity index is 233. The number of nitrogens with two attached hydrogens (primary N) is 1. The van der Waals surface area contributed by atoms with Crippen molar-refractivity contribution in [2.75, 3.05) is 6.54 Å². The van der Waals surface area contributed by atoms with Gasteiger partial charge in [0.05, 0.1) is 0 Å². The maximum Gasteiger partial charge on any atom is 0.120 e. The van der Waals surface area contributed by atoms with Crippen molar-refractivity contribution in [2.24, 2.45) is 5.73 Å². The van der Waals surface area contributed by atoms with Crippen LogP contribution in [0.15, 0.2) is 30.3 Å². The summed E-state index contributed by atoms with van der Waals surface area (Å²) in [6.45, 7) is 0.531. The number of hydrogen-bond acceptors (Lipinski definition) is 2. The lowest BCUT2D eigenvalue weighted by atomic mass is 9.97. The van der Waals surface area contributed by atoms with Crippen molar-refractivity contribution in [1.29, 1.82) is 0 Å². The molecule has 0 spiro atoms. The van der Waals surface area contributed by atoms with Crippen LogP contribution >= 0.6 is 0 Å². The van der Waals surface area contributed by atoms with Crippen LogP contribution in [0, 0.1) is 0 Å². The number of hydrogen-bond donors (Lipinski definition) is 1. The lowest BCUT2D eigenvalue weighted by Gasteiger charge is -2.10. The normalized spacial score (nSPS) is 12.4. The van der Waals surface area contributed by atoms with Gasteiger partial charge in [0.1, 0.15) is 6.29 Å². The van der Waals surface area contributed by atoms with E-state index in [0.717, 1.165) is 11.8 Å². The first-order valence-corrected chi connectivity index (χ1v) is 4.07. The highest BCUT2D eigenvalue weighted by atomic mass is 16.1. The molecule has 0 bridgehead atoms. The summed E-state index contributed by atoms with van der Waals surface area (Å²) in [5.74, 6) is 0.184. The van der Waals surface area contributed by atoms with Crippen molar-refractivity contribution in [2.45, 2.75) is 12.3 Å². The van der Waals surface area contributed by atoms with Crippen LogP contribution in [0.2, 0.25) is 0 Å². The second-order valence-electron chi connectivity index (χ2n) is 2.75. The molecular formula is C10H13NO. The number of benzene rings is 1. The molecule has 0 amide bonds. The predicted molar refractivity (Wildman–Crippen MR) is 48.9 cm³/mol. The molecule has 1 rings (SSSR count). The summed E-state index contributed by atoms with van der Waals surface area (Å²) >= 11 is 0. The highest BCUT2D eigenvalue weighted by Crippen LogP contribution is 2.16. The fourth-order valence-corrected chi connectivity index (χ4v) is 1.21. The van der Waals surface area contributed by atoms with Gasteiger partial charge in [-0.15, -0.1) is 0 Å². The molecule has 2 N–H and O–H groups in total. The zero-order chi connectivity index (χ0) is 8.81. The molecule has 1 aromatic rings. The smallest absolute Gasteiger partial charge is 0.120 e. The van der Waals surface area contributed by atoms with Gasteiger partial charge in [0, 0.05) is 12.3 Å². The lowest BCUT2D eigenvalue weighted by molar-refractivity contribution is -0.108. The van der Waals surface area contributed by atoms with E-state index in [-0.39, 0.29) is 5.92 Å². The molecule has 0 radical (unpaired) electrons. The molecule has 0 aromatic heterocycles. The summed E-state index contributed by atoms with van der Waals surface area (Å²) in [6.07, 6.45) is 1.44. The van der Waals surface area contributed by atoms with Gasteiger partial charge < -0.3 is 10.5 Å². The van der Waals surface area contributed by atoms with E-state index in [1.807, 2.05) is 30.3 Å². The summed E-state index contributed by atoms with van der Waals surface area (Å²) in [7, 11) is 0. The van der Waals surface area contributed by atoms with Crippen LogP contribution in [0.1, 0.15) is 17.9 Å². The van der Waals surface area contributed by atoms with E-state index in [2.05, 4.69) is 0 Å². The Hall–Kier alpha value is -1.15. The number of carbonyl (C=O) groups is 1. The molecule has 0 heterocycles. The molecule has 1 atom stereocenters. The van der Waals surface area contributed by atoms with Crippen LogP contribution in [0.3, 0.4) is 0 Å². The summed E-state index contributed by atoms with van der Waals surface area (Å²) in [6, 6.07) is 9.88. The Morgan fingerprint density at radius 3 is 2.50 bits per heavy atom. The fourth-order valence-electron chi connectivity index (χ4n) is 1.21. The van der Waals surface area contributed by atoms with Crippen LogP contribution < -0.4 is 5.73 Å². The first-order chi connectivity index (χ1) is 5.88. The largest absolute Gasteiger partial charge is 0.330 e. The molecule has 2 nitrogen and oxygen atoms in total. The maximum absolute atomic E-state index is 10.3. The van der Waals surface area contributed by atoms with E-state index < -0.39 is 0 Å². The predicted octanol–water partition coefficient (Wildman–Crippen LogP) is 1.32. The zero-order valence-corrected chi connectivity index (χ0v) is 6.94. The SMILES string of the molecule is NCC(CC=O)c1ccccc1. The van der Waals surface area contributed by atoms with E-state index in [1.54, 1.807) is 0 Å². The molecular weight excluding hydrogens is 150 g/mol. The van der Waals surface area contributed by atoms with Crippen molar-refractivity contribution < 1.29 is 4.79 Å². The molecule has 12 heavy (non-hydrogen) atoms. The van der Waals surface area contributed by atoms with Gasteiger partial charge in [0.2, 0.25) is 0 Å². The number of carbonyl (C=O) groups excluding carboxylic acids is 1. The van der Waals surface area contributed by atoms with Crippen LogP contribution in [0.4, 0.5) is 0 Å². The minimum absolute atomic E-state index is 0.184. The molecule has 0 aliphatic carbocycles. The third-order valence-electron chi connectivity index (χ3n) is 1.94. The van der Waals surface area contributed by atoms with Gasteiger partial charge >= 0.3 is 0 Å². The molecule has 64 valence electrons. The zero-order valence-electron chi connectivity index (χ0n) is 6.94. The number of aldehydes is 1. The minimum Gasteiger partial charge on any atom is -0.330 e. The molecule has 0 saturated carbocycles. The summed E-state index contributed by atoms with van der Waals surface area (Å²) < 4.78 is 0. The van der Waals surface area contributed by atoms with E-state index in [0.29, 0.717) is 13.0 Å². The molecule has 0 aliphatic heterocycles. The average Bonchev–Trinajstić information content (AvgIpc) is 2.15. The quantitative estimate of drug-likeness (QED) is 0.680. The van der Waals surface area contributed by atoms with Crippen molar-refractivity contribution >= 4 is 6.29 Å². The van der Waals surface area contributed by atoms with Gasteiger partial charge in [-0.2, -0.15) is 0 Å². The van der Waals surface area contributed by atoms with Gasteiger partial charge in [0.25, 0.3) is 0 Å². The second kappa shape index (κ2) is 4.67. The Morgan fingerprint density at radius 1 is 1.33 bits per heavy atom. The van der Waals surface area contributed by atoms with Crippen LogP contribution in [-0.4, -0.2) is 12.8 Å². The van der Waals surface area contributed by atoms with Crippen molar-refractivity contribution in [3.05, 3.63) is 35.9 Å². The van der Waals surface area contributed by atoms with Gasteiger partial charge in [-0.1, -0.05) is 30.3 Å². The fraction of sp³-hybridized carbons (Fsp3) is 0.300. The Morgan fingerprint density at radius 2 is 2.00 bits per heavy atom. The van der Waals surface area contributed by atoms with Gasteiger partial charge in [0.15, 0.2) is 0 Å². The minimum atomic E-state index is 0.184. The Labute approximate surface area is 72.4 Å². The summed E-state index contributed by atoms with van der Waals surface area (Å²) in [4.78, 5) is 10.3. The number of rotatable bonds is 4. The molecule has 1 unspecified atom stereocenters. The molecule has 1 aromatic carbocycles. The first-order valence-electron chi connectivity index (χ1n) is 4.07. The molecule has 0 saturated heterocycles. The Kier molecular flexibility index (Phi) is 3.48. The first kappa shape index (κ1) is 8.94. The third kappa shape index (κ3) is 2.17. The third-order valence-corrected chi connectivity index (χ3v) is 1.94. The van der Waals surface area contributed by atoms with E-state index in [4.69, 9.17) is 5.73 Å². The van der Waals surface area contributed by atoms with E-state index >= 15 is 0 Å². The van der Waals surface area contributed by atoms with Gasteiger partial charge in [-0.25, -0.2) is 0 Å². The van der Waals surface area contributed by atoms with Crippen LogP contribution in [0.5, 0.6) is 0 Å². The lowest BCUT2D eigenvalue weighted by Crippen LogP contribution is -2.12. The molecule has 2 heteroatoms. The van der Waals surface area contributed by atoms with E-state index in [9.17, 15) is 4.79 Å². The second-order valence-corrected chi connectivity index (χ2v) is 2.75. The topological polar surface area (TPSA) is 43.1 Å². The Balaban J connectivity index is 2.72. The maximum atomic E-state index is 10.3. The van der Waals surface area contributed by atoms with Gasteiger partial charge in [-0.05, 0) is 12.1 Å². The standard InChI is InChI=1S/C10H13NO/c11-8-10(6-7-12)9-4-2-1-3-5-9/h1-5,7,10H,6,8,11H2. The highest BCUT2D eigenvalue weighted by Gasteiger charge is 2.06. The molecule has 0 fully saturated rings. The monoisotopic (exact) mass is 163 g/mol. The summed E-state index contributed by atoms with van der Waals surface area (Å²) in [5.41, 5.74) is 6.68. The van der Waals surface area contributed by atoms with Gasteiger partial charge in [-0.3, -0.25) is 0 Å². The van der Waals surface area contributed by atoms with Crippen molar-refractivity contribution in [3.8, 4) is 0 Å². The van der Waals surface area contributed by atoms with Crippen LogP contribution in [0.25, 0.3) is 0 Å². The van der Waals surface area contributed by atoms with Crippen molar-refractivity contribution in [3.63, 3.8) is 0 Å². The van der Waals surface area contributed by atoms with E-state index in [1.165, 1.54) is 0 Å². The highest BCUT2D eigenvalue weighted by molar-refractivity contribution is 5.51.